The van der Waals surface area contributed by atoms with E-state index in [1.807, 2.05) is 5.57 Å². The number of allylic oxidation sites excluding steroid dienone is 6. The number of rotatable bonds is 6. The fourth-order valence-corrected chi connectivity index (χ4v) is 8.56. The molecule has 0 bridgehead atoms. The maximum Gasteiger partial charge on any atom is 0.0571 e. The minimum atomic E-state index is -0.0641. The summed E-state index contributed by atoms with van der Waals surface area (Å²) in [4.78, 5) is 0. The number of hydrogen-bond acceptors (Lipinski definition) is 1. The summed E-state index contributed by atoms with van der Waals surface area (Å²) in [6, 6.07) is 0. The van der Waals surface area contributed by atoms with E-state index in [2.05, 4.69) is 53.7 Å². The topological polar surface area (TPSA) is 20.2 Å². The molecule has 0 heterocycles. The zero-order valence-electron chi connectivity index (χ0n) is 21.3. The number of hydrogen-bond donors (Lipinski definition) is 1. The summed E-state index contributed by atoms with van der Waals surface area (Å²) in [6.45, 7) is 14.5. The van der Waals surface area contributed by atoms with Gasteiger partial charge >= 0.3 is 0 Å². The Labute approximate surface area is 192 Å². The van der Waals surface area contributed by atoms with E-state index in [4.69, 9.17) is 0 Å². The van der Waals surface area contributed by atoms with E-state index >= 15 is 0 Å². The van der Waals surface area contributed by atoms with Crippen molar-refractivity contribution in [2.24, 2.45) is 34.5 Å². The zero-order chi connectivity index (χ0) is 22.4. The van der Waals surface area contributed by atoms with Gasteiger partial charge in [0.2, 0.25) is 0 Å². The molecule has 1 heteroatoms. The fourth-order valence-electron chi connectivity index (χ4n) is 8.56. The summed E-state index contributed by atoms with van der Waals surface area (Å²) < 4.78 is 0. The molecular formula is C30H48O. The van der Waals surface area contributed by atoms with E-state index < -0.39 is 0 Å². The molecule has 0 saturated heterocycles. The Bertz CT molecular complexity index is 765. The summed E-state index contributed by atoms with van der Waals surface area (Å²) in [7, 11) is 0. The van der Waals surface area contributed by atoms with Crippen molar-refractivity contribution >= 4 is 0 Å². The van der Waals surface area contributed by atoms with E-state index in [1.54, 1.807) is 11.1 Å². The molecule has 1 nitrogen and oxygen atoms in total. The molecule has 31 heavy (non-hydrogen) atoms. The third kappa shape index (κ3) is 3.92. The van der Waals surface area contributed by atoms with E-state index in [0.29, 0.717) is 22.7 Å². The van der Waals surface area contributed by atoms with Gasteiger partial charge in [-0.15, -0.1) is 0 Å². The Balaban J connectivity index is 1.58. The SMILES string of the molecule is CCCC1C(O)CC[C@]2(C)C3=C(CCC12)C1=CC[C@H]([C@H](C)CCC=C(C)C)[C@@]1(C)CC3. The van der Waals surface area contributed by atoms with Crippen LogP contribution in [0.15, 0.2) is 34.4 Å². The van der Waals surface area contributed by atoms with E-state index in [1.165, 1.54) is 69.8 Å². The Morgan fingerprint density at radius 3 is 2.65 bits per heavy atom. The summed E-state index contributed by atoms with van der Waals surface area (Å²) >= 11 is 0. The zero-order valence-corrected chi connectivity index (χ0v) is 21.3. The molecule has 3 unspecified atom stereocenters. The summed E-state index contributed by atoms with van der Waals surface area (Å²) in [5, 5.41) is 10.8. The van der Waals surface area contributed by atoms with Crippen LogP contribution in [-0.4, -0.2) is 11.2 Å². The van der Waals surface area contributed by atoms with Crippen LogP contribution >= 0.6 is 0 Å². The van der Waals surface area contributed by atoms with E-state index in [9.17, 15) is 5.11 Å². The van der Waals surface area contributed by atoms with Crippen LogP contribution in [0.1, 0.15) is 112 Å². The molecule has 0 aromatic heterocycles. The van der Waals surface area contributed by atoms with Gasteiger partial charge in [0.05, 0.1) is 6.10 Å². The second-order valence-corrected chi connectivity index (χ2v) is 12.3. The first kappa shape index (κ1) is 23.3. The molecular weight excluding hydrogens is 376 g/mol. The van der Waals surface area contributed by atoms with E-state index in [0.717, 1.165) is 18.3 Å². The number of aliphatic hydroxyl groups excluding tert-OH is 1. The average molecular weight is 425 g/mol. The summed E-state index contributed by atoms with van der Waals surface area (Å²) in [5.41, 5.74) is 7.54. The van der Waals surface area contributed by atoms with E-state index in [-0.39, 0.29) is 6.10 Å². The maximum atomic E-state index is 10.8. The Kier molecular flexibility index (Phi) is 6.66. The lowest BCUT2D eigenvalue weighted by molar-refractivity contribution is -0.0409. The normalized spacial score (nSPS) is 40.5. The fraction of sp³-hybridized carbons (Fsp3) is 0.800. The molecule has 0 aliphatic heterocycles. The van der Waals surface area contributed by atoms with Crippen LogP contribution in [0, 0.1) is 34.5 Å². The van der Waals surface area contributed by atoms with Crippen LogP contribution in [0.4, 0.5) is 0 Å². The first-order valence-corrected chi connectivity index (χ1v) is 13.5. The largest absolute Gasteiger partial charge is 0.393 e. The highest BCUT2D eigenvalue weighted by Gasteiger charge is 2.54. The Hall–Kier alpha value is -0.820. The summed E-state index contributed by atoms with van der Waals surface area (Å²) in [6.07, 6.45) is 18.7. The van der Waals surface area contributed by atoms with Crippen LogP contribution < -0.4 is 0 Å². The third-order valence-corrected chi connectivity index (χ3v) is 10.3. The molecule has 0 aromatic rings. The molecule has 0 radical (unpaired) electrons. The molecule has 0 spiro atoms. The quantitative estimate of drug-likeness (QED) is 0.424. The van der Waals surface area contributed by atoms with Gasteiger partial charge in [-0.2, -0.15) is 0 Å². The van der Waals surface area contributed by atoms with Gasteiger partial charge in [-0.25, -0.2) is 0 Å². The van der Waals surface area contributed by atoms with Crippen molar-refractivity contribution in [1.29, 1.82) is 0 Å². The van der Waals surface area contributed by atoms with Crippen molar-refractivity contribution in [2.75, 3.05) is 0 Å². The second-order valence-electron chi connectivity index (χ2n) is 12.3. The molecule has 4 aliphatic carbocycles. The molecule has 1 N–H and O–H groups in total. The Morgan fingerprint density at radius 2 is 1.94 bits per heavy atom. The van der Waals surface area contributed by atoms with Crippen LogP contribution in [0.25, 0.3) is 0 Å². The molecule has 1 fully saturated rings. The van der Waals surface area contributed by atoms with Crippen molar-refractivity contribution in [1.82, 2.24) is 0 Å². The van der Waals surface area contributed by atoms with Crippen molar-refractivity contribution in [2.45, 2.75) is 118 Å². The molecule has 0 amide bonds. The highest BCUT2D eigenvalue weighted by Crippen LogP contribution is 2.65. The molecule has 4 aliphatic rings. The van der Waals surface area contributed by atoms with Gasteiger partial charge in [0.25, 0.3) is 0 Å². The monoisotopic (exact) mass is 424 g/mol. The van der Waals surface area contributed by atoms with Crippen molar-refractivity contribution in [3.8, 4) is 0 Å². The first-order valence-electron chi connectivity index (χ1n) is 13.5. The maximum absolute atomic E-state index is 10.8. The molecule has 1 saturated carbocycles. The minimum absolute atomic E-state index is 0.0641. The first-order chi connectivity index (χ1) is 14.7. The lowest BCUT2D eigenvalue weighted by Gasteiger charge is -2.56. The molecule has 0 aromatic carbocycles. The lowest BCUT2D eigenvalue weighted by atomic mass is 9.49. The molecule has 4 rings (SSSR count). The second kappa shape index (κ2) is 8.85. The summed E-state index contributed by atoms with van der Waals surface area (Å²) in [5.74, 6) is 2.82. The van der Waals surface area contributed by atoms with Crippen LogP contribution in [0.2, 0.25) is 0 Å². The third-order valence-electron chi connectivity index (χ3n) is 10.3. The van der Waals surface area contributed by atoms with Gasteiger partial charge in [-0.05, 0) is 124 Å². The minimum Gasteiger partial charge on any atom is -0.393 e. The van der Waals surface area contributed by atoms with Gasteiger partial charge < -0.3 is 5.11 Å². The molecule has 174 valence electrons. The standard InChI is InChI=1S/C30H48O/c1-7-9-23-26-13-12-22-25-15-14-24(21(4)11-8-10-20(2)3)29(25,5)18-16-27(22)30(26,6)19-17-28(23)31/h10,15,21,23-24,26,28,31H,7-9,11-14,16-19H2,1-6H3/t21-,23?,24-,26?,28?,29-,30+/m1/s1. The highest BCUT2D eigenvalue weighted by atomic mass is 16.3. The van der Waals surface area contributed by atoms with Crippen molar-refractivity contribution < 1.29 is 5.11 Å². The van der Waals surface area contributed by atoms with Gasteiger partial charge in [-0.1, -0.05) is 57.4 Å². The van der Waals surface area contributed by atoms with Crippen molar-refractivity contribution in [3.05, 3.63) is 34.4 Å². The van der Waals surface area contributed by atoms with Gasteiger partial charge in [0.1, 0.15) is 0 Å². The predicted molar refractivity (Wildman–Crippen MR) is 133 cm³/mol. The van der Waals surface area contributed by atoms with Crippen LogP contribution in [0.5, 0.6) is 0 Å². The number of aliphatic hydroxyl groups is 1. The Morgan fingerprint density at radius 1 is 1.16 bits per heavy atom. The highest BCUT2D eigenvalue weighted by molar-refractivity contribution is 5.49. The van der Waals surface area contributed by atoms with Crippen molar-refractivity contribution in [3.63, 3.8) is 0 Å². The van der Waals surface area contributed by atoms with Crippen LogP contribution in [-0.2, 0) is 0 Å². The smallest absolute Gasteiger partial charge is 0.0571 e. The molecule has 7 atom stereocenters. The van der Waals surface area contributed by atoms with Crippen LogP contribution in [0.3, 0.4) is 0 Å². The average Bonchev–Trinajstić information content (AvgIpc) is 3.07. The van der Waals surface area contributed by atoms with Gasteiger partial charge in [0, 0.05) is 0 Å². The van der Waals surface area contributed by atoms with Gasteiger partial charge in [0.15, 0.2) is 0 Å². The predicted octanol–water partition coefficient (Wildman–Crippen LogP) is 8.40. The lowest BCUT2D eigenvalue weighted by Crippen LogP contribution is -2.48. The number of fused-ring (bicyclic) bond motifs is 4. The van der Waals surface area contributed by atoms with Gasteiger partial charge in [-0.3, -0.25) is 0 Å².